The summed E-state index contributed by atoms with van der Waals surface area (Å²) in [5.41, 5.74) is 4.06. The molecule has 6 nitrogen and oxygen atoms in total. The first-order valence-electron chi connectivity index (χ1n) is 9.68. The Labute approximate surface area is 166 Å². The Kier molecular flexibility index (Phi) is 6.66. The Morgan fingerprint density at radius 1 is 0.929 bits per heavy atom. The molecule has 2 amide bonds. The molecule has 1 saturated heterocycles. The third-order valence-corrected chi connectivity index (χ3v) is 5.19. The van der Waals surface area contributed by atoms with Gasteiger partial charge in [0, 0.05) is 37.6 Å². The van der Waals surface area contributed by atoms with E-state index in [2.05, 4.69) is 15.5 Å². The van der Waals surface area contributed by atoms with Gasteiger partial charge in [0.1, 0.15) is 0 Å². The molecule has 3 rings (SSSR count). The van der Waals surface area contributed by atoms with E-state index in [0.29, 0.717) is 32.7 Å². The normalized spacial score (nSPS) is 14.6. The largest absolute Gasteiger partial charge is 0.376 e. The molecule has 0 atom stereocenters. The van der Waals surface area contributed by atoms with Crippen molar-refractivity contribution < 1.29 is 9.59 Å². The second kappa shape index (κ2) is 9.37. The Morgan fingerprint density at radius 3 is 2.36 bits per heavy atom. The Morgan fingerprint density at radius 2 is 1.64 bits per heavy atom. The van der Waals surface area contributed by atoms with Crippen LogP contribution in [0.2, 0.25) is 0 Å². The van der Waals surface area contributed by atoms with Gasteiger partial charge >= 0.3 is 0 Å². The molecule has 0 aliphatic carbocycles. The number of benzene rings is 2. The van der Waals surface area contributed by atoms with Crippen molar-refractivity contribution in [3.63, 3.8) is 0 Å². The number of piperazine rings is 1. The third kappa shape index (κ3) is 5.33. The number of amides is 2. The molecule has 0 saturated carbocycles. The summed E-state index contributed by atoms with van der Waals surface area (Å²) in [6.45, 7) is 7.38. The van der Waals surface area contributed by atoms with E-state index in [0.717, 1.165) is 22.5 Å². The van der Waals surface area contributed by atoms with Crippen LogP contribution in [0, 0.1) is 13.8 Å². The smallest absolute Gasteiger partial charge is 0.241 e. The summed E-state index contributed by atoms with van der Waals surface area (Å²) < 4.78 is 0. The van der Waals surface area contributed by atoms with Gasteiger partial charge in [-0.3, -0.25) is 14.5 Å². The van der Waals surface area contributed by atoms with E-state index >= 15 is 0 Å². The lowest BCUT2D eigenvalue weighted by Gasteiger charge is -2.34. The lowest BCUT2D eigenvalue weighted by molar-refractivity contribution is -0.131. The fourth-order valence-corrected chi connectivity index (χ4v) is 3.28. The number of rotatable bonds is 6. The van der Waals surface area contributed by atoms with Crippen molar-refractivity contribution in [2.75, 3.05) is 49.9 Å². The SMILES string of the molecule is Cc1cccc(NC(=O)CN2CCN(C(=O)CNc3ccccc3)CC2)c1C. The highest BCUT2D eigenvalue weighted by molar-refractivity contribution is 5.93. The molecule has 0 bridgehead atoms. The summed E-state index contributed by atoms with van der Waals surface area (Å²) in [7, 11) is 0. The van der Waals surface area contributed by atoms with Crippen molar-refractivity contribution in [3.8, 4) is 0 Å². The minimum Gasteiger partial charge on any atom is -0.376 e. The molecule has 1 aliphatic heterocycles. The highest BCUT2D eigenvalue weighted by Crippen LogP contribution is 2.18. The molecule has 1 fully saturated rings. The average Bonchev–Trinajstić information content (AvgIpc) is 2.71. The zero-order valence-corrected chi connectivity index (χ0v) is 16.6. The zero-order valence-electron chi connectivity index (χ0n) is 16.6. The van der Waals surface area contributed by atoms with Crippen LogP contribution in [0.4, 0.5) is 11.4 Å². The van der Waals surface area contributed by atoms with Crippen LogP contribution in [-0.4, -0.2) is 60.9 Å². The number of nitrogens with zero attached hydrogens (tertiary/aromatic N) is 2. The van der Waals surface area contributed by atoms with Crippen molar-refractivity contribution in [3.05, 3.63) is 59.7 Å². The van der Waals surface area contributed by atoms with Crippen LogP contribution in [0.15, 0.2) is 48.5 Å². The quantitative estimate of drug-likeness (QED) is 0.808. The number of hydrogen-bond acceptors (Lipinski definition) is 4. The second-order valence-electron chi connectivity index (χ2n) is 7.17. The minimum absolute atomic E-state index is 0.0146. The molecule has 0 aromatic heterocycles. The van der Waals surface area contributed by atoms with E-state index in [4.69, 9.17) is 0 Å². The lowest BCUT2D eigenvalue weighted by Crippen LogP contribution is -2.51. The highest BCUT2D eigenvalue weighted by atomic mass is 16.2. The number of carbonyl (C=O) groups excluding carboxylic acids is 2. The molecular weight excluding hydrogens is 352 g/mol. The van der Waals surface area contributed by atoms with Gasteiger partial charge in [-0.15, -0.1) is 0 Å². The number of aryl methyl sites for hydroxylation is 1. The topological polar surface area (TPSA) is 64.7 Å². The maximum atomic E-state index is 12.4. The van der Waals surface area contributed by atoms with Crippen LogP contribution in [0.25, 0.3) is 0 Å². The number of nitrogens with one attached hydrogen (secondary N) is 2. The standard InChI is InChI=1S/C22H28N4O2/c1-17-7-6-10-20(18(17)2)24-21(27)16-25-11-13-26(14-12-25)22(28)15-23-19-8-4-3-5-9-19/h3-10,23H,11-16H2,1-2H3,(H,24,27). The van der Waals surface area contributed by atoms with Crippen LogP contribution in [0.5, 0.6) is 0 Å². The third-order valence-electron chi connectivity index (χ3n) is 5.19. The molecule has 2 aromatic rings. The molecule has 0 spiro atoms. The molecule has 6 heteroatoms. The van der Waals surface area contributed by atoms with Gasteiger partial charge in [0.25, 0.3) is 0 Å². The van der Waals surface area contributed by atoms with Crippen LogP contribution >= 0.6 is 0 Å². The van der Waals surface area contributed by atoms with Crippen LogP contribution in [-0.2, 0) is 9.59 Å². The summed E-state index contributed by atoms with van der Waals surface area (Å²) in [5, 5.41) is 6.15. The molecule has 2 aromatic carbocycles. The monoisotopic (exact) mass is 380 g/mol. The first-order chi connectivity index (χ1) is 13.5. The maximum Gasteiger partial charge on any atom is 0.241 e. The number of hydrogen-bond donors (Lipinski definition) is 2. The van der Waals surface area contributed by atoms with E-state index < -0.39 is 0 Å². The minimum atomic E-state index is -0.0146. The van der Waals surface area contributed by atoms with Gasteiger partial charge in [-0.05, 0) is 43.2 Å². The summed E-state index contributed by atoms with van der Waals surface area (Å²) in [6.07, 6.45) is 0. The zero-order chi connectivity index (χ0) is 19.9. The lowest BCUT2D eigenvalue weighted by atomic mass is 10.1. The fraction of sp³-hybridized carbons (Fsp3) is 0.364. The predicted octanol–water partition coefficient (Wildman–Crippen LogP) is 2.50. The van der Waals surface area contributed by atoms with Crippen molar-refractivity contribution >= 4 is 23.2 Å². The van der Waals surface area contributed by atoms with Gasteiger partial charge in [0.2, 0.25) is 11.8 Å². The average molecular weight is 380 g/mol. The van der Waals surface area contributed by atoms with E-state index in [9.17, 15) is 9.59 Å². The number of para-hydroxylation sites is 1. The first-order valence-corrected chi connectivity index (χ1v) is 9.68. The van der Waals surface area contributed by atoms with Gasteiger partial charge in [-0.1, -0.05) is 30.3 Å². The van der Waals surface area contributed by atoms with Gasteiger partial charge in [0.05, 0.1) is 13.1 Å². The molecule has 2 N–H and O–H groups in total. The van der Waals surface area contributed by atoms with Crippen LogP contribution < -0.4 is 10.6 Å². The molecule has 148 valence electrons. The molecule has 0 radical (unpaired) electrons. The Bertz CT molecular complexity index is 815. The number of anilines is 2. The molecular formula is C22H28N4O2. The predicted molar refractivity (Wildman–Crippen MR) is 112 cm³/mol. The van der Waals surface area contributed by atoms with Gasteiger partial charge in [-0.2, -0.15) is 0 Å². The van der Waals surface area contributed by atoms with Gasteiger partial charge in [0.15, 0.2) is 0 Å². The van der Waals surface area contributed by atoms with Crippen LogP contribution in [0.3, 0.4) is 0 Å². The highest BCUT2D eigenvalue weighted by Gasteiger charge is 2.22. The molecule has 28 heavy (non-hydrogen) atoms. The van der Waals surface area contributed by atoms with E-state index in [-0.39, 0.29) is 18.4 Å². The van der Waals surface area contributed by atoms with Crippen molar-refractivity contribution in [1.82, 2.24) is 9.80 Å². The first kappa shape index (κ1) is 19.9. The molecule has 0 unspecified atom stereocenters. The summed E-state index contributed by atoms with van der Waals surface area (Å²) in [4.78, 5) is 28.7. The fourth-order valence-electron chi connectivity index (χ4n) is 3.28. The van der Waals surface area contributed by atoms with Crippen molar-refractivity contribution in [2.24, 2.45) is 0 Å². The van der Waals surface area contributed by atoms with E-state index in [1.54, 1.807) is 0 Å². The molecule has 1 aliphatic rings. The van der Waals surface area contributed by atoms with E-state index in [1.807, 2.05) is 67.3 Å². The van der Waals surface area contributed by atoms with Crippen LogP contribution in [0.1, 0.15) is 11.1 Å². The van der Waals surface area contributed by atoms with Gasteiger partial charge in [-0.25, -0.2) is 0 Å². The Balaban J connectivity index is 1.41. The summed E-state index contributed by atoms with van der Waals surface area (Å²) in [6, 6.07) is 15.6. The van der Waals surface area contributed by atoms with Crippen molar-refractivity contribution in [2.45, 2.75) is 13.8 Å². The Hall–Kier alpha value is -2.86. The van der Waals surface area contributed by atoms with Gasteiger partial charge < -0.3 is 15.5 Å². The second-order valence-corrected chi connectivity index (χ2v) is 7.17. The summed E-state index contributed by atoms with van der Waals surface area (Å²) in [5.74, 6) is 0.0718. The summed E-state index contributed by atoms with van der Waals surface area (Å²) >= 11 is 0. The molecule has 1 heterocycles. The van der Waals surface area contributed by atoms with Crippen molar-refractivity contribution in [1.29, 1.82) is 0 Å². The maximum absolute atomic E-state index is 12.4. The number of carbonyl (C=O) groups is 2. The van der Waals surface area contributed by atoms with E-state index in [1.165, 1.54) is 0 Å².